The molecule has 5 nitrogen and oxygen atoms in total. The lowest BCUT2D eigenvalue weighted by Crippen LogP contribution is -2.18. The molecule has 2 aromatic rings. The zero-order valence-corrected chi connectivity index (χ0v) is 14.2. The Balaban J connectivity index is 1.88. The summed E-state index contributed by atoms with van der Waals surface area (Å²) >= 11 is 4.65. The highest BCUT2D eigenvalue weighted by Crippen LogP contribution is 2.20. The molecule has 1 aromatic carbocycles. The summed E-state index contributed by atoms with van der Waals surface area (Å²) in [6.07, 6.45) is 1.46. The number of halogens is 1. The Hall–Kier alpha value is -1.25. The molecular weight excluding hydrogens is 374 g/mol. The Kier molecular flexibility index (Phi) is 5.49. The number of sulfonamides is 1. The van der Waals surface area contributed by atoms with Crippen LogP contribution in [0, 0.1) is 0 Å². The Labute approximate surface area is 136 Å². The lowest BCUT2D eigenvalue weighted by molar-refractivity contribution is 0.602. The fourth-order valence-electron chi connectivity index (χ4n) is 1.54. The van der Waals surface area contributed by atoms with Crippen LogP contribution in [0.15, 0.2) is 52.1 Å². The lowest BCUT2D eigenvalue weighted by atomic mass is 10.3. The summed E-state index contributed by atoms with van der Waals surface area (Å²) in [6.45, 7) is 0. The van der Waals surface area contributed by atoms with Crippen LogP contribution in [0.2, 0.25) is 0 Å². The summed E-state index contributed by atoms with van der Waals surface area (Å²) in [5.74, 6) is 0.464. The Morgan fingerprint density at radius 3 is 2.76 bits per heavy atom. The van der Waals surface area contributed by atoms with Crippen molar-refractivity contribution in [1.29, 1.82) is 0 Å². The zero-order chi connectivity index (χ0) is 15.3. The van der Waals surface area contributed by atoms with Crippen molar-refractivity contribution in [3.05, 3.63) is 47.2 Å². The minimum atomic E-state index is -3.39. The maximum absolute atomic E-state index is 12.0. The summed E-state index contributed by atoms with van der Waals surface area (Å²) < 4.78 is 27.1. The molecule has 21 heavy (non-hydrogen) atoms. The van der Waals surface area contributed by atoms with Gasteiger partial charge in [0.2, 0.25) is 10.0 Å². The Morgan fingerprint density at radius 1 is 1.29 bits per heavy atom. The first kappa shape index (κ1) is 16.1. The molecule has 1 aromatic heterocycles. The highest BCUT2D eigenvalue weighted by Gasteiger charge is 2.10. The number of aromatic nitrogens is 1. The fourth-order valence-corrected chi connectivity index (χ4v) is 4.20. The van der Waals surface area contributed by atoms with E-state index in [4.69, 9.17) is 5.73 Å². The number of nitrogens with two attached hydrogens (primary N) is 1. The van der Waals surface area contributed by atoms with Gasteiger partial charge in [0.05, 0.1) is 17.6 Å². The summed E-state index contributed by atoms with van der Waals surface area (Å²) in [5.41, 5.74) is 6.80. The van der Waals surface area contributed by atoms with Crippen molar-refractivity contribution >= 4 is 49.1 Å². The number of hydrogen-bond acceptors (Lipinski definition) is 5. The zero-order valence-electron chi connectivity index (χ0n) is 11.0. The van der Waals surface area contributed by atoms with Gasteiger partial charge < -0.3 is 5.73 Å². The van der Waals surface area contributed by atoms with E-state index in [1.807, 2.05) is 18.2 Å². The molecule has 0 aliphatic carbocycles. The molecule has 0 aliphatic heterocycles. The molecule has 0 saturated carbocycles. The van der Waals surface area contributed by atoms with Crippen molar-refractivity contribution in [3.63, 3.8) is 0 Å². The van der Waals surface area contributed by atoms with E-state index >= 15 is 0 Å². The van der Waals surface area contributed by atoms with Gasteiger partial charge in [0.25, 0.3) is 0 Å². The summed E-state index contributed by atoms with van der Waals surface area (Å²) in [7, 11) is -3.39. The number of nitrogen functional groups attached to an aromatic ring is 1. The number of hydrogen-bond donors (Lipinski definition) is 2. The third-order valence-electron chi connectivity index (χ3n) is 2.48. The van der Waals surface area contributed by atoms with Gasteiger partial charge in [-0.3, -0.25) is 4.72 Å². The molecule has 8 heteroatoms. The smallest absolute Gasteiger partial charge is 0.233 e. The van der Waals surface area contributed by atoms with Crippen molar-refractivity contribution in [2.24, 2.45) is 0 Å². The van der Waals surface area contributed by atoms with Crippen LogP contribution in [0.5, 0.6) is 0 Å². The third kappa shape index (κ3) is 5.56. The van der Waals surface area contributed by atoms with Crippen molar-refractivity contribution in [1.82, 2.24) is 4.98 Å². The van der Waals surface area contributed by atoms with Crippen molar-refractivity contribution in [2.45, 2.75) is 4.90 Å². The average molecular weight is 388 g/mol. The third-order valence-corrected chi connectivity index (χ3v) is 5.49. The van der Waals surface area contributed by atoms with E-state index in [0.29, 0.717) is 21.7 Å². The van der Waals surface area contributed by atoms with E-state index < -0.39 is 10.0 Å². The molecule has 0 spiro atoms. The predicted molar refractivity (Wildman–Crippen MR) is 90.9 cm³/mol. The molecule has 0 fully saturated rings. The van der Waals surface area contributed by atoms with Crippen LogP contribution in [0.4, 0.5) is 11.4 Å². The van der Waals surface area contributed by atoms with Gasteiger partial charge in [0.15, 0.2) is 0 Å². The van der Waals surface area contributed by atoms with Gasteiger partial charge in [-0.05, 0) is 46.3 Å². The fraction of sp³-hybridized carbons (Fsp3) is 0.154. The normalized spacial score (nSPS) is 11.3. The average Bonchev–Trinajstić information content (AvgIpc) is 2.41. The molecule has 0 atom stereocenters. The number of anilines is 2. The van der Waals surface area contributed by atoms with Gasteiger partial charge in [-0.2, -0.15) is 0 Å². The van der Waals surface area contributed by atoms with E-state index in [1.165, 1.54) is 18.0 Å². The molecule has 0 bridgehead atoms. The van der Waals surface area contributed by atoms with Gasteiger partial charge in [0, 0.05) is 16.3 Å². The van der Waals surface area contributed by atoms with E-state index in [9.17, 15) is 8.42 Å². The highest BCUT2D eigenvalue weighted by atomic mass is 79.9. The Bertz CT molecular complexity index is 706. The van der Waals surface area contributed by atoms with Crippen molar-refractivity contribution in [2.75, 3.05) is 22.0 Å². The minimum Gasteiger partial charge on any atom is -0.399 e. The molecule has 112 valence electrons. The van der Waals surface area contributed by atoms with Crippen molar-refractivity contribution in [3.8, 4) is 0 Å². The van der Waals surface area contributed by atoms with Crippen LogP contribution in [-0.4, -0.2) is 24.9 Å². The largest absolute Gasteiger partial charge is 0.399 e. The van der Waals surface area contributed by atoms with Crippen LogP contribution in [0.25, 0.3) is 0 Å². The van der Waals surface area contributed by atoms with Gasteiger partial charge >= 0.3 is 0 Å². The monoisotopic (exact) mass is 387 g/mol. The molecule has 1 heterocycles. The topological polar surface area (TPSA) is 85.1 Å². The molecule has 0 radical (unpaired) electrons. The standard InChI is InChI=1S/C13H14BrN3O2S2/c14-13-5-4-11(9-16-13)17-21(18,19)7-6-20-12-3-1-2-10(15)8-12/h1-5,8-9,17H,6-7,15H2. The molecule has 2 rings (SSSR count). The van der Waals surface area contributed by atoms with Gasteiger partial charge in [-0.15, -0.1) is 11.8 Å². The SMILES string of the molecule is Nc1cccc(SCCS(=O)(=O)Nc2ccc(Br)nc2)c1. The van der Waals surface area contributed by atoms with Crippen LogP contribution in [0.3, 0.4) is 0 Å². The number of nitrogens with one attached hydrogen (secondary N) is 1. The van der Waals surface area contributed by atoms with Crippen LogP contribution in [-0.2, 0) is 10.0 Å². The van der Waals surface area contributed by atoms with Gasteiger partial charge in [-0.1, -0.05) is 6.07 Å². The van der Waals surface area contributed by atoms with Crippen LogP contribution >= 0.6 is 27.7 Å². The Morgan fingerprint density at radius 2 is 2.10 bits per heavy atom. The first-order valence-corrected chi connectivity index (χ1v) is 9.48. The summed E-state index contributed by atoms with van der Waals surface area (Å²) in [6, 6.07) is 10.7. The maximum atomic E-state index is 12.0. The van der Waals surface area contributed by atoms with Gasteiger partial charge in [0.1, 0.15) is 4.60 Å². The number of thioether (sulfide) groups is 1. The van der Waals surface area contributed by atoms with Crippen LogP contribution in [0.1, 0.15) is 0 Å². The molecule has 0 unspecified atom stereocenters. The second kappa shape index (κ2) is 7.15. The summed E-state index contributed by atoms with van der Waals surface area (Å²) in [5, 5.41) is 0. The first-order chi connectivity index (χ1) is 9.94. The first-order valence-electron chi connectivity index (χ1n) is 6.05. The number of pyridine rings is 1. The number of rotatable bonds is 6. The molecule has 0 aliphatic rings. The van der Waals surface area contributed by atoms with E-state index in [-0.39, 0.29) is 5.75 Å². The van der Waals surface area contributed by atoms with E-state index in [2.05, 4.69) is 25.6 Å². The van der Waals surface area contributed by atoms with Crippen molar-refractivity contribution < 1.29 is 8.42 Å². The number of nitrogens with zero attached hydrogens (tertiary/aromatic N) is 1. The quantitative estimate of drug-likeness (QED) is 0.452. The second-order valence-corrected chi connectivity index (χ2v) is 8.03. The van der Waals surface area contributed by atoms with Crippen LogP contribution < -0.4 is 10.5 Å². The molecular formula is C13H14BrN3O2S2. The van der Waals surface area contributed by atoms with Gasteiger partial charge in [-0.25, -0.2) is 13.4 Å². The molecule has 3 N–H and O–H groups in total. The minimum absolute atomic E-state index is 0.0164. The summed E-state index contributed by atoms with van der Waals surface area (Å²) in [4.78, 5) is 4.93. The maximum Gasteiger partial charge on any atom is 0.233 e. The number of benzene rings is 1. The van der Waals surface area contributed by atoms with E-state index in [0.717, 1.165) is 4.90 Å². The molecule has 0 saturated heterocycles. The predicted octanol–water partition coefficient (Wildman–Crippen LogP) is 2.96. The second-order valence-electron chi connectivity index (χ2n) is 4.21. The molecule has 0 amide bonds. The highest BCUT2D eigenvalue weighted by molar-refractivity contribution is 9.10. The lowest BCUT2D eigenvalue weighted by Gasteiger charge is -2.07. The van der Waals surface area contributed by atoms with E-state index in [1.54, 1.807) is 18.2 Å².